The highest BCUT2D eigenvalue weighted by Crippen LogP contribution is 2.13. The lowest BCUT2D eigenvalue weighted by Gasteiger charge is -2.02. The molecule has 0 saturated heterocycles. The van der Waals surface area contributed by atoms with Crippen LogP contribution < -0.4 is 0 Å². The normalized spacial score (nSPS) is 11.1. The molecule has 0 saturated carbocycles. The number of halogens is 1. The summed E-state index contributed by atoms with van der Waals surface area (Å²) < 4.78 is 21.7. The fourth-order valence-corrected chi connectivity index (χ4v) is 1.12. The van der Waals surface area contributed by atoms with E-state index in [9.17, 15) is 9.18 Å². The van der Waals surface area contributed by atoms with Crippen molar-refractivity contribution in [1.29, 1.82) is 0 Å². The number of hydrogen-bond acceptors (Lipinski definition) is 3. The van der Waals surface area contributed by atoms with Crippen molar-refractivity contribution < 1.29 is 18.7 Å². The van der Waals surface area contributed by atoms with Gasteiger partial charge in [0.25, 0.3) is 0 Å². The molecular weight excluding hydrogens is 211 g/mol. The molecule has 0 heterocycles. The molecule has 16 heavy (non-hydrogen) atoms. The summed E-state index contributed by atoms with van der Waals surface area (Å²) >= 11 is 0. The molecule has 1 rings (SSSR count). The molecule has 0 radical (unpaired) electrons. The number of ether oxygens (including phenoxy) is 2. The van der Waals surface area contributed by atoms with E-state index in [0.29, 0.717) is 0 Å². The van der Waals surface area contributed by atoms with Crippen molar-refractivity contribution in [3.8, 4) is 0 Å². The first kappa shape index (κ1) is 12.2. The summed E-state index contributed by atoms with van der Waals surface area (Å²) in [6.45, 7) is 1.99. The third-order valence-electron chi connectivity index (χ3n) is 2.06. The molecule has 4 heteroatoms. The van der Waals surface area contributed by atoms with Crippen LogP contribution in [0.2, 0.25) is 0 Å². The fourth-order valence-electron chi connectivity index (χ4n) is 1.12. The Morgan fingerprint density at radius 1 is 1.38 bits per heavy atom. The molecule has 0 N–H and O–H groups in total. The molecule has 0 aromatic heterocycles. The first-order chi connectivity index (χ1) is 7.63. The monoisotopic (exact) mass is 224 g/mol. The van der Waals surface area contributed by atoms with Crippen molar-refractivity contribution in [2.24, 2.45) is 0 Å². The molecule has 0 aliphatic rings. The van der Waals surface area contributed by atoms with Crippen LogP contribution in [0.25, 0.3) is 5.57 Å². The number of carbonyl (C=O) groups excluding carboxylic acids is 1. The van der Waals surface area contributed by atoms with Gasteiger partial charge in [-0.25, -0.2) is 9.18 Å². The Morgan fingerprint density at radius 2 is 2.00 bits per heavy atom. The third kappa shape index (κ3) is 3.73. The zero-order chi connectivity index (χ0) is 12.0. The van der Waals surface area contributed by atoms with Crippen molar-refractivity contribution in [2.45, 2.75) is 6.92 Å². The van der Waals surface area contributed by atoms with E-state index >= 15 is 0 Å². The Hall–Kier alpha value is -1.84. The molecule has 86 valence electrons. The Labute approximate surface area is 93.5 Å². The van der Waals surface area contributed by atoms with E-state index < -0.39 is 6.16 Å². The van der Waals surface area contributed by atoms with Gasteiger partial charge in [-0.2, -0.15) is 0 Å². The summed E-state index contributed by atoms with van der Waals surface area (Å²) in [5.74, 6) is -0.276. The minimum atomic E-state index is -0.719. The van der Waals surface area contributed by atoms with Gasteiger partial charge in [-0.15, -0.1) is 0 Å². The molecule has 1 aromatic rings. The first-order valence-corrected chi connectivity index (χ1v) is 4.77. The van der Waals surface area contributed by atoms with Gasteiger partial charge in [0.2, 0.25) is 0 Å². The summed E-state index contributed by atoms with van der Waals surface area (Å²) in [5.41, 5.74) is 1.79. The van der Waals surface area contributed by atoms with Gasteiger partial charge in [0.05, 0.1) is 7.11 Å². The Bertz CT molecular complexity index is 382. The van der Waals surface area contributed by atoms with Crippen LogP contribution in [0, 0.1) is 5.82 Å². The second-order valence-corrected chi connectivity index (χ2v) is 3.16. The predicted molar refractivity (Wildman–Crippen MR) is 58.4 cm³/mol. The van der Waals surface area contributed by atoms with Gasteiger partial charge in [0.1, 0.15) is 12.4 Å². The van der Waals surface area contributed by atoms with E-state index in [2.05, 4.69) is 4.74 Å². The van der Waals surface area contributed by atoms with Crippen LogP contribution in [-0.2, 0) is 9.47 Å². The zero-order valence-electron chi connectivity index (χ0n) is 9.20. The van der Waals surface area contributed by atoms with Crippen LogP contribution in [0.5, 0.6) is 0 Å². The molecule has 0 aliphatic heterocycles. The molecule has 0 fully saturated rings. The SMILES string of the molecule is COC(=O)OC/C=C(\C)c1ccc(F)cc1. The lowest BCUT2D eigenvalue weighted by molar-refractivity contribution is 0.0819. The van der Waals surface area contributed by atoms with Gasteiger partial charge in [-0.1, -0.05) is 12.1 Å². The van der Waals surface area contributed by atoms with Gasteiger partial charge >= 0.3 is 6.16 Å². The number of carbonyl (C=O) groups is 1. The summed E-state index contributed by atoms with van der Waals surface area (Å²) in [6, 6.07) is 6.10. The van der Waals surface area contributed by atoms with Crippen LogP contribution >= 0.6 is 0 Å². The van der Waals surface area contributed by atoms with E-state index in [-0.39, 0.29) is 12.4 Å². The van der Waals surface area contributed by atoms with Crippen LogP contribution in [0.3, 0.4) is 0 Å². The Kier molecular flexibility index (Phi) is 4.51. The lowest BCUT2D eigenvalue weighted by atomic mass is 10.1. The van der Waals surface area contributed by atoms with Crippen LogP contribution in [0.15, 0.2) is 30.3 Å². The second kappa shape index (κ2) is 5.90. The van der Waals surface area contributed by atoms with E-state index in [0.717, 1.165) is 11.1 Å². The maximum Gasteiger partial charge on any atom is 0.508 e. The highest BCUT2D eigenvalue weighted by atomic mass is 19.1. The highest BCUT2D eigenvalue weighted by Gasteiger charge is 1.99. The van der Waals surface area contributed by atoms with Crippen molar-refractivity contribution in [2.75, 3.05) is 13.7 Å². The molecule has 0 bridgehead atoms. The number of hydrogen-bond donors (Lipinski definition) is 0. The van der Waals surface area contributed by atoms with E-state index in [1.54, 1.807) is 18.2 Å². The Morgan fingerprint density at radius 3 is 2.56 bits per heavy atom. The fraction of sp³-hybridized carbons (Fsp3) is 0.250. The predicted octanol–water partition coefficient (Wildman–Crippen LogP) is 3.01. The van der Waals surface area contributed by atoms with Crippen molar-refractivity contribution in [3.63, 3.8) is 0 Å². The minimum Gasteiger partial charge on any atom is -0.438 e. The van der Waals surface area contributed by atoms with E-state index in [1.165, 1.54) is 19.2 Å². The molecule has 0 amide bonds. The van der Waals surface area contributed by atoms with Crippen LogP contribution in [-0.4, -0.2) is 19.9 Å². The maximum absolute atomic E-state index is 12.6. The molecular formula is C12H13FO3. The van der Waals surface area contributed by atoms with Crippen molar-refractivity contribution >= 4 is 11.7 Å². The average molecular weight is 224 g/mol. The average Bonchev–Trinajstić information content (AvgIpc) is 2.29. The van der Waals surface area contributed by atoms with Crippen LogP contribution in [0.4, 0.5) is 9.18 Å². The summed E-state index contributed by atoms with van der Waals surface area (Å²) in [6.07, 6.45) is 1.01. The summed E-state index contributed by atoms with van der Waals surface area (Å²) in [5, 5.41) is 0. The molecule has 0 atom stereocenters. The molecule has 0 spiro atoms. The third-order valence-corrected chi connectivity index (χ3v) is 2.06. The van der Waals surface area contributed by atoms with E-state index in [1.807, 2.05) is 6.92 Å². The number of methoxy groups -OCH3 is 1. The topological polar surface area (TPSA) is 35.5 Å². The highest BCUT2D eigenvalue weighted by molar-refractivity contribution is 5.64. The molecule has 0 aliphatic carbocycles. The molecule has 1 aromatic carbocycles. The maximum atomic E-state index is 12.6. The quantitative estimate of drug-likeness (QED) is 0.740. The van der Waals surface area contributed by atoms with Gasteiger partial charge in [0, 0.05) is 0 Å². The Balaban J connectivity index is 2.56. The van der Waals surface area contributed by atoms with Gasteiger partial charge in [-0.3, -0.25) is 0 Å². The number of rotatable bonds is 3. The second-order valence-electron chi connectivity index (χ2n) is 3.16. The summed E-state index contributed by atoms with van der Waals surface area (Å²) in [4.78, 5) is 10.7. The number of allylic oxidation sites excluding steroid dienone is 1. The summed E-state index contributed by atoms with van der Waals surface area (Å²) in [7, 11) is 1.25. The zero-order valence-corrected chi connectivity index (χ0v) is 9.20. The van der Waals surface area contributed by atoms with E-state index in [4.69, 9.17) is 4.74 Å². The largest absolute Gasteiger partial charge is 0.508 e. The van der Waals surface area contributed by atoms with Gasteiger partial charge in [-0.05, 0) is 36.3 Å². The minimum absolute atomic E-state index is 0.135. The first-order valence-electron chi connectivity index (χ1n) is 4.77. The van der Waals surface area contributed by atoms with Crippen LogP contribution in [0.1, 0.15) is 12.5 Å². The number of benzene rings is 1. The lowest BCUT2D eigenvalue weighted by Crippen LogP contribution is -2.03. The molecule has 0 unspecified atom stereocenters. The van der Waals surface area contributed by atoms with Crippen molar-refractivity contribution in [1.82, 2.24) is 0 Å². The molecule has 3 nitrogen and oxygen atoms in total. The van der Waals surface area contributed by atoms with Crippen molar-refractivity contribution in [3.05, 3.63) is 41.7 Å². The van der Waals surface area contributed by atoms with Gasteiger partial charge in [0.15, 0.2) is 0 Å². The standard InChI is InChI=1S/C12H13FO3/c1-9(7-8-16-12(14)15-2)10-3-5-11(13)6-4-10/h3-7H,8H2,1-2H3/b9-7+. The van der Waals surface area contributed by atoms with Gasteiger partial charge < -0.3 is 9.47 Å². The smallest absolute Gasteiger partial charge is 0.438 e.